The minimum absolute atomic E-state index is 0.824. The first-order valence-corrected chi connectivity index (χ1v) is 5.99. The lowest BCUT2D eigenvalue weighted by atomic mass is 9.69. The van der Waals surface area contributed by atoms with Gasteiger partial charge in [0.05, 0.1) is 0 Å². The fourth-order valence-corrected chi connectivity index (χ4v) is 3.41. The fourth-order valence-electron chi connectivity index (χ4n) is 3.41. The van der Waals surface area contributed by atoms with Crippen molar-refractivity contribution in [1.29, 1.82) is 0 Å². The van der Waals surface area contributed by atoms with Crippen molar-refractivity contribution < 1.29 is 0 Å². The monoisotopic (exact) mass is 181 g/mol. The lowest BCUT2D eigenvalue weighted by Gasteiger charge is -2.37. The normalized spacial score (nSPS) is 28.4. The smallest absolute Gasteiger partial charge is 0.00235 e. The van der Waals surface area contributed by atoms with Gasteiger partial charge in [0.25, 0.3) is 0 Å². The first-order chi connectivity index (χ1) is 6.35. The fraction of sp³-hybridized carbons (Fsp3) is 1.00. The molecule has 13 heavy (non-hydrogen) atoms. The van der Waals surface area contributed by atoms with Gasteiger partial charge in [-0.2, -0.15) is 0 Å². The van der Waals surface area contributed by atoms with Gasteiger partial charge in [-0.1, -0.05) is 12.8 Å². The van der Waals surface area contributed by atoms with E-state index in [1.165, 1.54) is 45.1 Å². The summed E-state index contributed by atoms with van der Waals surface area (Å²) in [6.07, 6.45) is 12.1. The third-order valence-corrected chi connectivity index (χ3v) is 4.32. The molecule has 76 valence electrons. The molecule has 2 aliphatic rings. The molecule has 0 aromatic rings. The number of nitrogens with one attached hydrogen (secondary N) is 1. The van der Waals surface area contributed by atoms with Crippen molar-refractivity contribution in [3.63, 3.8) is 0 Å². The first kappa shape index (κ1) is 9.51. The lowest BCUT2D eigenvalue weighted by Crippen LogP contribution is -2.29. The van der Waals surface area contributed by atoms with Crippen molar-refractivity contribution in [2.45, 2.75) is 51.4 Å². The maximum atomic E-state index is 3.32. The van der Waals surface area contributed by atoms with Crippen LogP contribution < -0.4 is 5.32 Å². The molecule has 2 saturated carbocycles. The minimum atomic E-state index is 0.824. The van der Waals surface area contributed by atoms with Gasteiger partial charge in [0, 0.05) is 0 Å². The van der Waals surface area contributed by atoms with Crippen LogP contribution in [0.5, 0.6) is 0 Å². The molecule has 0 saturated heterocycles. The molecule has 0 radical (unpaired) electrons. The molecule has 0 aliphatic heterocycles. The minimum Gasteiger partial charge on any atom is -0.319 e. The Morgan fingerprint density at radius 1 is 1.08 bits per heavy atom. The van der Waals surface area contributed by atoms with Crippen LogP contribution in [0, 0.1) is 11.3 Å². The van der Waals surface area contributed by atoms with Gasteiger partial charge in [-0.15, -0.1) is 0 Å². The lowest BCUT2D eigenvalue weighted by molar-refractivity contribution is 0.155. The van der Waals surface area contributed by atoms with E-state index in [-0.39, 0.29) is 0 Å². The molecule has 0 unspecified atom stereocenters. The van der Waals surface area contributed by atoms with E-state index < -0.39 is 0 Å². The van der Waals surface area contributed by atoms with Gasteiger partial charge in [0.15, 0.2) is 0 Å². The summed E-state index contributed by atoms with van der Waals surface area (Å²) in [6.45, 7) is 1.25. The van der Waals surface area contributed by atoms with Crippen LogP contribution in [0.25, 0.3) is 0 Å². The molecule has 0 aromatic carbocycles. The summed E-state index contributed by atoms with van der Waals surface area (Å²) in [7, 11) is 2.08. The molecule has 0 amide bonds. The highest BCUT2D eigenvalue weighted by atomic mass is 14.8. The Kier molecular flexibility index (Phi) is 2.92. The quantitative estimate of drug-likeness (QED) is 0.690. The molecule has 0 heterocycles. The van der Waals surface area contributed by atoms with Crippen LogP contribution in [0.1, 0.15) is 51.4 Å². The topological polar surface area (TPSA) is 12.0 Å². The van der Waals surface area contributed by atoms with Crippen LogP contribution in [0.15, 0.2) is 0 Å². The highest BCUT2D eigenvalue weighted by Gasteiger charge is 2.36. The van der Waals surface area contributed by atoms with Gasteiger partial charge < -0.3 is 5.32 Å². The van der Waals surface area contributed by atoms with Gasteiger partial charge in [-0.25, -0.2) is 0 Å². The SMILES string of the molecule is CNCC1CCC2(CCCC2)CC1. The molecule has 2 rings (SSSR count). The molecule has 1 nitrogen and oxygen atoms in total. The summed E-state index contributed by atoms with van der Waals surface area (Å²) < 4.78 is 0. The van der Waals surface area contributed by atoms with E-state index in [0.717, 1.165) is 11.3 Å². The van der Waals surface area contributed by atoms with Crippen LogP contribution in [-0.2, 0) is 0 Å². The summed E-state index contributed by atoms with van der Waals surface area (Å²) >= 11 is 0. The van der Waals surface area contributed by atoms with E-state index in [1.807, 2.05) is 0 Å². The van der Waals surface area contributed by atoms with Crippen LogP contribution in [-0.4, -0.2) is 13.6 Å². The maximum absolute atomic E-state index is 3.32. The molecule has 0 bridgehead atoms. The van der Waals surface area contributed by atoms with Gasteiger partial charge in [0.2, 0.25) is 0 Å². The number of rotatable bonds is 2. The Labute approximate surface area is 82.3 Å². The van der Waals surface area contributed by atoms with Crippen LogP contribution in [0.2, 0.25) is 0 Å². The van der Waals surface area contributed by atoms with Gasteiger partial charge in [-0.3, -0.25) is 0 Å². The van der Waals surface area contributed by atoms with Gasteiger partial charge in [0.1, 0.15) is 0 Å². The van der Waals surface area contributed by atoms with Crippen molar-refractivity contribution in [3.8, 4) is 0 Å². The highest BCUT2D eigenvalue weighted by molar-refractivity contribution is 4.89. The molecular formula is C12H23N. The third-order valence-electron chi connectivity index (χ3n) is 4.32. The molecule has 0 aromatic heterocycles. The summed E-state index contributed by atoms with van der Waals surface area (Å²) in [5, 5.41) is 3.32. The number of hydrogen-bond acceptors (Lipinski definition) is 1. The zero-order valence-electron chi connectivity index (χ0n) is 8.94. The predicted molar refractivity (Wildman–Crippen MR) is 56.8 cm³/mol. The van der Waals surface area contributed by atoms with E-state index in [0.29, 0.717) is 0 Å². The number of hydrogen-bond donors (Lipinski definition) is 1. The van der Waals surface area contributed by atoms with E-state index in [2.05, 4.69) is 12.4 Å². The van der Waals surface area contributed by atoms with E-state index in [1.54, 1.807) is 12.8 Å². The Morgan fingerprint density at radius 2 is 1.69 bits per heavy atom. The largest absolute Gasteiger partial charge is 0.319 e. The van der Waals surface area contributed by atoms with E-state index in [4.69, 9.17) is 0 Å². The van der Waals surface area contributed by atoms with Crippen LogP contribution in [0.3, 0.4) is 0 Å². The highest BCUT2D eigenvalue weighted by Crippen LogP contribution is 2.49. The zero-order valence-corrected chi connectivity index (χ0v) is 8.94. The molecule has 2 fully saturated rings. The standard InChI is InChI=1S/C12H23N/c1-13-10-11-4-8-12(9-5-11)6-2-3-7-12/h11,13H,2-10H2,1H3. The van der Waals surface area contributed by atoms with Crippen molar-refractivity contribution in [2.24, 2.45) is 11.3 Å². The molecule has 1 N–H and O–H groups in total. The molecule has 2 aliphatic carbocycles. The first-order valence-electron chi connectivity index (χ1n) is 5.99. The van der Waals surface area contributed by atoms with E-state index in [9.17, 15) is 0 Å². The molecule has 1 heteroatoms. The second-order valence-electron chi connectivity index (χ2n) is 5.21. The third kappa shape index (κ3) is 2.07. The molecule has 0 atom stereocenters. The van der Waals surface area contributed by atoms with Crippen molar-refractivity contribution in [2.75, 3.05) is 13.6 Å². The maximum Gasteiger partial charge on any atom is -0.00235 e. The summed E-state index contributed by atoms with van der Waals surface area (Å²) in [5.41, 5.74) is 0.824. The average Bonchev–Trinajstić information content (AvgIpc) is 2.59. The predicted octanol–water partition coefficient (Wildman–Crippen LogP) is 2.96. The van der Waals surface area contributed by atoms with E-state index >= 15 is 0 Å². The van der Waals surface area contributed by atoms with Crippen molar-refractivity contribution in [1.82, 2.24) is 5.32 Å². The molecular weight excluding hydrogens is 158 g/mol. The Bertz CT molecular complexity index is 149. The van der Waals surface area contributed by atoms with Gasteiger partial charge >= 0.3 is 0 Å². The molecule has 1 spiro atoms. The Hall–Kier alpha value is -0.0400. The summed E-state index contributed by atoms with van der Waals surface area (Å²) in [6, 6.07) is 0. The Morgan fingerprint density at radius 3 is 2.23 bits per heavy atom. The van der Waals surface area contributed by atoms with Crippen molar-refractivity contribution >= 4 is 0 Å². The van der Waals surface area contributed by atoms with Crippen LogP contribution in [0.4, 0.5) is 0 Å². The second kappa shape index (κ2) is 4.00. The Balaban J connectivity index is 1.81. The van der Waals surface area contributed by atoms with Crippen LogP contribution >= 0.6 is 0 Å². The summed E-state index contributed by atoms with van der Waals surface area (Å²) in [5.74, 6) is 0.983. The average molecular weight is 181 g/mol. The summed E-state index contributed by atoms with van der Waals surface area (Å²) in [4.78, 5) is 0. The van der Waals surface area contributed by atoms with Crippen molar-refractivity contribution in [3.05, 3.63) is 0 Å². The zero-order chi connectivity index (χ0) is 9.15. The second-order valence-corrected chi connectivity index (χ2v) is 5.21. The van der Waals surface area contributed by atoms with Gasteiger partial charge in [-0.05, 0) is 63.5 Å².